The van der Waals surface area contributed by atoms with E-state index < -0.39 is 36.5 Å². The number of ether oxygens (including phenoxy) is 4. The Kier molecular flexibility index (Phi) is 12.6. The summed E-state index contributed by atoms with van der Waals surface area (Å²) in [6, 6.07) is -0.625. The van der Waals surface area contributed by atoms with Gasteiger partial charge in [0.2, 0.25) is 0 Å². The van der Waals surface area contributed by atoms with E-state index in [9.17, 15) is 9.59 Å². The Morgan fingerprint density at radius 2 is 1.96 bits per heavy atom. The number of hydrogen-bond acceptors (Lipinski definition) is 7. The standard InChI is InChI=1S/C18H33NO6.ClH/c1-5-10-22-18(21)25-15-9-7-6-8-14(19)17(20)24-13(4)16(15)23-11-12(2)3;/h12-16H,5-11,19H2,1-4H3;1H/t13-,14-,15-,16-;/m0./s1. The topological polar surface area (TPSA) is 97.1 Å². The fourth-order valence-electron chi connectivity index (χ4n) is 2.65. The minimum atomic E-state index is -0.711. The molecule has 154 valence electrons. The van der Waals surface area contributed by atoms with Crippen molar-refractivity contribution < 1.29 is 28.5 Å². The minimum absolute atomic E-state index is 0. The summed E-state index contributed by atoms with van der Waals surface area (Å²) in [4.78, 5) is 24.0. The van der Waals surface area contributed by atoms with Gasteiger partial charge < -0.3 is 24.7 Å². The molecule has 1 fully saturated rings. The highest BCUT2D eigenvalue weighted by molar-refractivity contribution is 5.85. The predicted molar refractivity (Wildman–Crippen MR) is 100 cm³/mol. The molecule has 2 N–H and O–H groups in total. The van der Waals surface area contributed by atoms with E-state index in [0.29, 0.717) is 32.0 Å². The molecule has 1 aliphatic rings. The van der Waals surface area contributed by atoms with E-state index >= 15 is 0 Å². The molecule has 0 amide bonds. The molecule has 0 aromatic carbocycles. The molecule has 4 atom stereocenters. The van der Waals surface area contributed by atoms with Crippen molar-refractivity contribution in [3.8, 4) is 0 Å². The summed E-state index contributed by atoms with van der Waals surface area (Å²) < 4.78 is 21.9. The zero-order chi connectivity index (χ0) is 18.8. The summed E-state index contributed by atoms with van der Waals surface area (Å²) >= 11 is 0. The summed E-state index contributed by atoms with van der Waals surface area (Å²) in [7, 11) is 0. The Labute approximate surface area is 162 Å². The highest BCUT2D eigenvalue weighted by atomic mass is 35.5. The van der Waals surface area contributed by atoms with Crippen LogP contribution >= 0.6 is 12.4 Å². The molecule has 26 heavy (non-hydrogen) atoms. The van der Waals surface area contributed by atoms with Gasteiger partial charge in [-0.25, -0.2) is 4.79 Å². The zero-order valence-electron chi connectivity index (χ0n) is 16.3. The van der Waals surface area contributed by atoms with Crippen molar-refractivity contribution in [3.63, 3.8) is 0 Å². The largest absolute Gasteiger partial charge is 0.508 e. The van der Waals surface area contributed by atoms with Crippen LogP contribution < -0.4 is 5.73 Å². The number of carbonyl (C=O) groups excluding carboxylic acids is 2. The van der Waals surface area contributed by atoms with Gasteiger partial charge in [0.1, 0.15) is 24.4 Å². The minimum Gasteiger partial charge on any atom is -0.459 e. The third kappa shape index (κ3) is 9.05. The lowest BCUT2D eigenvalue weighted by Crippen LogP contribution is -2.46. The molecule has 0 bridgehead atoms. The molecule has 0 unspecified atom stereocenters. The Balaban J connectivity index is 0.00000625. The second-order valence-electron chi connectivity index (χ2n) is 6.98. The first-order chi connectivity index (χ1) is 11.8. The number of halogens is 1. The van der Waals surface area contributed by atoms with Crippen LogP contribution in [0.3, 0.4) is 0 Å². The lowest BCUT2D eigenvalue weighted by Gasteiger charge is -2.33. The molecule has 1 aliphatic heterocycles. The van der Waals surface area contributed by atoms with Crippen molar-refractivity contribution in [1.29, 1.82) is 0 Å². The molecular weight excluding hydrogens is 362 g/mol. The molecule has 0 radical (unpaired) electrons. The summed E-state index contributed by atoms with van der Waals surface area (Å²) in [5.41, 5.74) is 5.85. The molecule has 0 aliphatic carbocycles. The maximum Gasteiger partial charge on any atom is 0.508 e. The third-order valence-electron chi connectivity index (χ3n) is 3.98. The van der Waals surface area contributed by atoms with E-state index in [1.807, 2.05) is 20.8 Å². The number of hydrogen-bond donors (Lipinski definition) is 1. The lowest BCUT2D eigenvalue weighted by atomic mass is 9.99. The van der Waals surface area contributed by atoms with Gasteiger partial charge in [-0.15, -0.1) is 12.4 Å². The smallest absolute Gasteiger partial charge is 0.459 e. The van der Waals surface area contributed by atoms with Crippen LogP contribution in [0.15, 0.2) is 0 Å². The third-order valence-corrected chi connectivity index (χ3v) is 3.98. The molecule has 7 nitrogen and oxygen atoms in total. The van der Waals surface area contributed by atoms with Gasteiger partial charge in [-0.2, -0.15) is 0 Å². The maximum atomic E-state index is 12.1. The monoisotopic (exact) mass is 395 g/mol. The highest BCUT2D eigenvalue weighted by Crippen LogP contribution is 2.22. The van der Waals surface area contributed by atoms with Crippen LogP contribution in [0.4, 0.5) is 4.79 Å². The Bertz CT molecular complexity index is 420. The van der Waals surface area contributed by atoms with Gasteiger partial charge in [0.25, 0.3) is 0 Å². The molecule has 8 heteroatoms. The predicted octanol–water partition coefficient (Wildman–Crippen LogP) is 3.21. The Morgan fingerprint density at radius 3 is 2.58 bits per heavy atom. The Morgan fingerprint density at radius 1 is 1.31 bits per heavy atom. The molecule has 1 rings (SSSR count). The van der Waals surface area contributed by atoms with Crippen LogP contribution in [-0.2, 0) is 23.7 Å². The number of carbonyl (C=O) groups is 2. The zero-order valence-corrected chi connectivity index (χ0v) is 17.1. The van der Waals surface area contributed by atoms with Crippen molar-refractivity contribution in [1.82, 2.24) is 0 Å². The summed E-state index contributed by atoms with van der Waals surface area (Å²) in [5, 5.41) is 0. The van der Waals surface area contributed by atoms with Crippen LogP contribution in [0, 0.1) is 5.92 Å². The molecular formula is C18H34ClNO6. The molecule has 1 heterocycles. The number of cyclic esters (lactones) is 1. The second kappa shape index (κ2) is 13.2. The average molecular weight is 396 g/mol. The van der Waals surface area contributed by atoms with Gasteiger partial charge in [0, 0.05) is 6.61 Å². The van der Waals surface area contributed by atoms with Gasteiger partial charge in [-0.1, -0.05) is 27.2 Å². The second-order valence-corrected chi connectivity index (χ2v) is 6.98. The Hall–Kier alpha value is -1.05. The van der Waals surface area contributed by atoms with Crippen LogP contribution in [-0.4, -0.2) is 49.7 Å². The van der Waals surface area contributed by atoms with E-state index in [1.165, 1.54) is 0 Å². The molecule has 1 saturated heterocycles. The quantitative estimate of drug-likeness (QED) is 0.689. The van der Waals surface area contributed by atoms with Crippen LogP contribution in [0.1, 0.15) is 59.8 Å². The first-order valence-electron chi connectivity index (χ1n) is 9.26. The van der Waals surface area contributed by atoms with E-state index in [0.717, 1.165) is 19.3 Å². The summed E-state index contributed by atoms with van der Waals surface area (Å²) in [5.74, 6) is -0.145. The van der Waals surface area contributed by atoms with Gasteiger partial charge in [0.15, 0.2) is 0 Å². The van der Waals surface area contributed by atoms with Crippen molar-refractivity contribution in [3.05, 3.63) is 0 Å². The van der Waals surface area contributed by atoms with Gasteiger partial charge >= 0.3 is 12.1 Å². The normalized spacial score (nSPS) is 27.2. The highest BCUT2D eigenvalue weighted by Gasteiger charge is 2.35. The van der Waals surface area contributed by atoms with E-state index in [2.05, 4.69) is 0 Å². The fraction of sp³-hybridized carbons (Fsp3) is 0.889. The summed E-state index contributed by atoms with van der Waals surface area (Å²) in [6.45, 7) is 8.49. The van der Waals surface area contributed by atoms with E-state index in [-0.39, 0.29) is 12.4 Å². The van der Waals surface area contributed by atoms with Gasteiger partial charge in [0.05, 0.1) is 6.61 Å². The van der Waals surface area contributed by atoms with Crippen molar-refractivity contribution in [2.75, 3.05) is 13.2 Å². The van der Waals surface area contributed by atoms with Crippen molar-refractivity contribution >= 4 is 24.5 Å². The molecule has 0 saturated carbocycles. The first kappa shape index (κ1) is 24.9. The van der Waals surface area contributed by atoms with Gasteiger partial charge in [-0.05, 0) is 38.5 Å². The molecule has 0 aromatic heterocycles. The lowest BCUT2D eigenvalue weighted by molar-refractivity contribution is -0.168. The number of rotatable bonds is 6. The van der Waals surface area contributed by atoms with Crippen molar-refractivity contribution in [2.45, 2.75) is 84.2 Å². The van der Waals surface area contributed by atoms with Crippen molar-refractivity contribution in [2.24, 2.45) is 11.7 Å². The van der Waals surface area contributed by atoms with Crippen LogP contribution in [0.25, 0.3) is 0 Å². The maximum absolute atomic E-state index is 12.1. The van der Waals surface area contributed by atoms with Gasteiger partial charge in [-0.3, -0.25) is 4.79 Å². The van der Waals surface area contributed by atoms with E-state index in [1.54, 1.807) is 6.92 Å². The summed E-state index contributed by atoms with van der Waals surface area (Å²) in [6.07, 6.45) is 1.06. The molecule has 0 aromatic rings. The SMILES string of the molecule is CCCOC(=O)O[C@H]1CCCC[C@H](N)C(=O)O[C@@H](C)[C@@H]1OCC(C)C.Cl. The first-order valence-corrected chi connectivity index (χ1v) is 9.26. The molecule has 0 spiro atoms. The van der Waals surface area contributed by atoms with E-state index in [4.69, 9.17) is 24.7 Å². The fourth-order valence-corrected chi connectivity index (χ4v) is 2.65. The van der Waals surface area contributed by atoms with Crippen LogP contribution in [0.2, 0.25) is 0 Å². The van der Waals surface area contributed by atoms with Crippen LogP contribution in [0.5, 0.6) is 0 Å². The average Bonchev–Trinajstić information content (AvgIpc) is 2.55. The number of nitrogens with two attached hydrogens (primary N) is 1. The number of esters is 1.